The van der Waals surface area contributed by atoms with Crippen LogP contribution in [-0.2, 0) is 6.18 Å². The van der Waals surface area contributed by atoms with Gasteiger partial charge in [-0.25, -0.2) is 4.79 Å². The van der Waals surface area contributed by atoms with Gasteiger partial charge in [-0.1, -0.05) is 13.8 Å². The summed E-state index contributed by atoms with van der Waals surface area (Å²) >= 11 is 0. The van der Waals surface area contributed by atoms with Gasteiger partial charge in [0, 0.05) is 13.1 Å². The van der Waals surface area contributed by atoms with Crippen LogP contribution >= 0.6 is 0 Å². The van der Waals surface area contributed by atoms with Crippen molar-refractivity contribution in [1.29, 1.82) is 0 Å². The Bertz CT molecular complexity index is 512. The molecule has 0 saturated carbocycles. The van der Waals surface area contributed by atoms with Crippen LogP contribution in [0.25, 0.3) is 0 Å². The molecule has 21 heavy (non-hydrogen) atoms. The molecular formula is C15H20F3NO2. The number of carboxylic acid groups (broad SMARTS) is 1. The Morgan fingerprint density at radius 3 is 2.29 bits per heavy atom. The summed E-state index contributed by atoms with van der Waals surface area (Å²) in [5.74, 6) is -0.954. The number of alkyl halides is 3. The molecule has 0 aliphatic heterocycles. The molecule has 0 aromatic heterocycles. The van der Waals surface area contributed by atoms with Gasteiger partial charge in [-0.05, 0) is 37.5 Å². The first kappa shape index (κ1) is 17.3. The second kappa shape index (κ2) is 6.37. The van der Waals surface area contributed by atoms with Crippen molar-refractivity contribution in [2.75, 3.05) is 11.9 Å². The standard InChI is InChI=1S/C15H20F3NO2/c1-9(2)7-10(3)19(4)13-6-5-11(15(16,17)18)8-12(13)14(20)21/h5-6,8-10H,7H2,1-4H3,(H,20,21). The number of nitrogens with zero attached hydrogens (tertiary/aromatic N) is 1. The molecule has 0 spiro atoms. The van der Waals surface area contributed by atoms with Gasteiger partial charge < -0.3 is 10.0 Å². The molecule has 0 heterocycles. The van der Waals surface area contributed by atoms with E-state index in [4.69, 9.17) is 0 Å². The second-order valence-electron chi connectivity index (χ2n) is 5.62. The fraction of sp³-hybridized carbons (Fsp3) is 0.533. The minimum Gasteiger partial charge on any atom is -0.478 e. The molecule has 0 amide bonds. The van der Waals surface area contributed by atoms with Crippen LogP contribution in [0.5, 0.6) is 0 Å². The molecule has 1 rings (SSSR count). The number of carbonyl (C=O) groups is 1. The van der Waals surface area contributed by atoms with Crippen LogP contribution in [0.1, 0.15) is 43.1 Å². The minimum absolute atomic E-state index is 0.0276. The molecule has 1 N–H and O–H groups in total. The lowest BCUT2D eigenvalue weighted by molar-refractivity contribution is -0.137. The summed E-state index contributed by atoms with van der Waals surface area (Å²) in [5, 5.41) is 9.17. The average Bonchev–Trinajstić information content (AvgIpc) is 2.35. The van der Waals surface area contributed by atoms with E-state index in [1.54, 1.807) is 11.9 Å². The van der Waals surface area contributed by atoms with Crippen molar-refractivity contribution in [2.45, 2.75) is 39.4 Å². The van der Waals surface area contributed by atoms with Crippen molar-refractivity contribution in [3.05, 3.63) is 29.3 Å². The first-order valence-electron chi connectivity index (χ1n) is 6.71. The zero-order chi connectivity index (χ0) is 16.4. The van der Waals surface area contributed by atoms with Crippen LogP contribution in [0.4, 0.5) is 18.9 Å². The molecule has 0 radical (unpaired) electrons. The molecule has 118 valence electrons. The van der Waals surface area contributed by atoms with E-state index in [0.717, 1.165) is 12.5 Å². The number of rotatable bonds is 5. The van der Waals surface area contributed by atoms with E-state index in [1.807, 2.05) is 20.8 Å². The first-order chi connectivity index (χ1) is 9.54. The Balaban J connectivity index is 3.21. The molecule has 0 fully saturated rings. The van der Waals surface area contributed by atoms with Crippen molar-refractivity contribution in [3.8, 4) is 0 Å². The van der Waals surface area contributed by atoms with Gasteiger partial charge in [-0.3, -0.25) is 0 Å². The highest BCUT2D eigenvalue weighted by atomic mass is 19.4. The van der Waals surface area contributed by atoms with E-state index >= 15 is 0 Å². The maximum Gasteiger partial charge on any atom is 0.416 e. The van der Waals surface area contributed by atoms with E-state index in [9.17, 15) is 23.1 Å². The monoisotopic (exact) mass is 303 g/mol. The van der Waals surface area contributed by atoms with Crippen LogP contribution in [-0.4, -0.2) is 24.2 Å². The van der Waals surface area contributed by atoms with Gasteiger partial charge in [0.25, 0.3) is 0 Å². The van der Waals surface area contributed by atoms with Gasteiger partial charge in [-0.2, -0.15) is 13.2 Å². The molecular weight excluding hydrogens is 283 g/mol. The summed E-state index contributed by atoms with van der Waals surface area (Å²) in [6.07, 6.45) is -3.73. The summed E-state index contributed by atoms with van der Waals surface area (Å²) in [6, 6.07) is 2.86. The lowest BCUT2D eigenvalue weighted by Crippen LogP contribution is -2.31. The number of hydrogen-bond donors (Lipinski definition) is 1. The van der Waals surface area contributed by atoms with Gasteiger partial charge in [0.1, 0.15) is 0 Å². The first-order valence-corrected chi connectivity index (χ1v) is 6.71. The molecule has 1 aromatic rings. The molecule has 0 bridgehead atoms. The van der Waals surface area contributed by atoms with E-state index < -0.39 is 17.7 Å². The highest BCUT2D eigenvalue weighted by molar-refractivity contribution is 5.94. The summed E-state index contributed by atoms with van der Waals surface area (Å²) in [7, 11) is 1.70. The quantitative estimate of drug-likeness (QED) is 0.883. The normalized spacial score (nSPS) is 13.3. The average molecular weight is 303 g/mol. The number of benzene rings is 1. The van der Waals surface area contributed by atoms with E-state index in [-0.39, 0.29) is 11.6 Å². The van der Waals surface area contributed by atoms with Crippen molar-refractivity contribution in [1.82, 2.24) is 0 Å². The van der Waals surface area contributed by atoms with E-state index in [2.05, 4.69) is 0 Å². The zero-order valence-electron chi connectivity index (χ0n) is 12.5. The van der Waals surface area contributed by atoms with E-state index in [1.165, 1.54) is 6.07 Å². The van der Waals surface area contributed by atoms with Crippen LogP contribution < -0.4 is 4.90 Å². The van der Waals surface area contributed by atoms with Crippen molar-refractivity contribution >= 4 is 11.7 Å². The number of carboxylic acids is 1. The molecule has 0 aliphatic carbocycles. The number of aromatic carboxylic acids is 1. The van der Waals surface area contributed by atoms with Crippen molar-refractivity contribution < 1.29 is 23.1 Å². The minimum atomic E-state index is -4.55. The number of anilines is 1. The van der Waals surface area contributed by atoms with Crippen LogP contribution in [0.2, 0.25) is 0 Å². The summed E-state index contributed by atoms with van der Waals surface area (Å²) < 4.78 is 38.1. The molecule has 1 aromatic carbocycles. The molecule has 1 atom stereocenters. The van der Waals surface area contributed by atoms with E-state index in [0.29, 0.717) is 17.7 Å². The lowest BCUT2D eigenvalue weighted by atomic mass is 10.0. The van der Waals surface area contributed by atoms with Crippen molar-refractivity contribution in [2.24, 2.45) is 5.92 Å². The SMILES string of the molecule is CC(C)CC(C)N(C)c1ccc(C(F)(F)F)cc1C(=O)O. The number of halogens is 3. The maximum absolute atomic E-state index is 12.7. The third-order valence-corrected chi connectivity index (χ3v) is 3.41. The fourth-order valence-corrected chi connectivity index (χ4v) is 2.27. The Morgan fingerprint density at radius 1 is 1.29 bits per heavy atom. The van der Waals surface area contributed by atoms with Crippen LogP contribution in [0.3, 0.4) is 0 Å². The van der Waals surface area contributed by atoms with Crippen LogP contribution in [0, 0.1) is 5.92 Å². The van der Waals surface area contributed by atoms with Gasteiger partial charge in [0.05, 0.1) is 16.8 Å². The van der Waals surface area contributed by atoms with Gasteiger partial charge >= 0.3 is 12.1 Å². The summed E-state index contributed by atoms with van der Waals surface area (Å²) in [5.41, 5.74) is -0.986. The van der Waals surface area contributed by atoms with Gasteiger partial charge in [-0.15, -0.1) is 0 Å². The largest absolute Gasteiger partial charge is 0.478 e. The Kier molecular flexibility index (Phi) is 5.25. The molecule has 6 heteroatoms. The van der Waals surface area contributed by atoms with Crippen molar-refractivity contribution in [3.63, 3.8) is 0 Å². The third-order valence-electron chi connectivity index (χ3n) is 3.41. The van der Waals surface area contributed by atoms with Crippen LogP contribution in [0.15, 0.2) is 18.2 Å². The smallest absolute Gasteiger partial charge is 0.416 e. The van der Waals surface area contributed by atoms with Gasteiger partial charge in [0.15, 0.2) is 0 Å². The number of hydrogen-bond acceptors (Lipinski definition) is 2. The molecule has 0 saturated heterocycles. The summed E-state index contributed by atoms with van der Waals surface area (Å²) in [6.45, 7) is 5.99. The molecule has 1 unspecified atom stereocenters. The lowest BCUT2D eigenvalue weighted by Gasteiger charge is -2.29. The highest BCUT2D eigenvalue weighted by Crippen LogP contribution is 2.33. The van der Waals surface area contributed by atoms with Gasteiger partial charge in [0.2, 0.25) is 0 Å². The summed E-state index contributed by atoms with van der Waals surface area (Å²) in [4.78, 5) is 13.0. The molecule has 0 aliphatic rings. The maximum atomic E-state index is 12.7. The highest BCUT2D eigenvalue weighted by Gasteiger charge is 2.32. The fourth-order valence-electron chi connectivity index (χ4n) is 2.27. The third kappa shape index (κ3) is 4.37. The molecule has 3 nitrogen and oxygen atoms in total. The Hall–Kier alpha value is -1.72. The second-order valence-corrected chi connectivity index (χ2v) is 5.62. The predicted octanol–water partition coefficient (Wildman–Crippen LogP) is 4.27. The Morgan fingerprint density at radius 2 is 1.86 bits per heavy atom. The zero-order valence-corrected chi connectivity index (χ0v) is 12.5. The predicted molar refractivity (Wildman–Crippen MR) is 75.7 cm³/mol. The Labute approximate surface area is 122 Å². The topological polar surface area (TPSA) is 40.5 Å².